The van der Waals surface area contributed by atoms with Crippen LogP contribution >= 0.6 is 0 Å². The minimum Gasteiger partial charge on any atom is -0.497 e. The third-order valence-corrected chi connectivity index (χ3v) is 3.42. The first-order valence-electron chi connectivity index (χ1n) is 7.26. The van der Waals surface area contributed by atoms with Crippen LogP contribution in [0.25, 0.3) is 0 Å². The molecule has 2 aromatic rings. The van der Waals surface area contributed by atoms with Gasteiger partial charge in [-0.15, -0.1) is 6.58 Å². The van der Waals surface area contributed by atoms with Crippen LogP contribution in [-0.2, 0) is 0 Å². The van der Waals surface area contributed by atoms with Crippen molar-refractivity contribution < 1.29 is 4.74 Å². The highest BCUT2D eigenvalue weighted by Crippen LogP contribution is 2.21. The molecule has 2 nitrogen and oxygen atoms in total. The Labute approximate surface area is 133 Å². The maximum absolute atomic E-state index is 5.22. The van der Waals surface area contributed by atoms with Gasteiger partial charge in [0, 0.05) is 12.1 Å². The van der Waals surface area contributed by atoms with Crippen molar-refractivity contribution in [2.24, 2.45) is 0 Å². The fourth-order valence-electron chi connectivity index (χ4n) is 2.22. The first-order valence-corrected chi connectivity index (χ1v) is 7.26. The molecule has 0 fully saturated rings. The van der Waals surface area contributed by atoms with E-state index in [1.54, 1.807) is 7.11 Å². The third-order valence-electron chi connectivity index (χ3n) is 3.42. The third kappa shape index (κ3) is 4.25. The Morgan fingerprint density at radius 1 is 1.14 bits per heavy atom. The maximum Gasteiger partial charge on any atom is 0.118 e. The Morgan fingerprint density at radius 3 is 2.41 bits per heavy atom. The molecule has 0 amide bonds. The fourth-order valence-corrected chi connectivity index (χ4v) is 2.22. The number of likely N-dealkylation sites (N-methyl/N-ethyl adjacent to an activating group) is 1. The van der Waals surface area contributed by atoms with Gasteiger partial charge in [-0.2, -0.15) is 0 Å². The zero-order valence-electron chi connectivity index (χ0n) is 13.1. The van der Waals surface area contributed by atoms with Crippen LogP contribution in [0.15, 0.2) is 67.3 Å². The Hall–Kier alpha value is -2.50. The summed E-state index contributed by atoms with van der Waals surface area (Å²) in [5, 5.41) is 0. The van der Waals surface area contributed by atoms with E-state index in [0.717, 1.165) is 23.4 Å². The zero-order valence-corrected chi connectivity index (χ0v) is 13.1. The number of nitrogens with zero attached hydrogens (tertiary/aromatic N) is 1. The molecule has 2 aromatic carbocycles. The van der Waals surface area contributed by atoms with Crippen LogP contribution in [-0.4, -0.2) is 25.6 Å². The largest absolute Gasteiger partial charge is 0.497 e. The molecule has 1 atom stereocenters. The molecular formula is C20H21NO. The lowest BCUT2D eigenvalue weighted by molar-refractivity contribution is 0.325. The molecule has 0 radical (unpaired) electrons. The fraction of sp³-hybridized carbons (Fsp3) is 0.200. The van der Waals surface area contributed by atoms with Crippen molar-refractivity contribution in [3.63, 3.8) is 0 Å². The van der Waals surface area contributed by atoms with Crippen LogP contribution in [0.5, 0.6) is 5.75 Å². The quantitative estimate of drug-likeness (QED) is 0.612. The normalized spacial score (nSPS) is 11.4. The summed E-state index contributed by atoms with van der Waals surface area (Å²) in [5.41, 5.74) is 2.17. The van der Waals surface area contributed by atoms with Crippen LogP contribution < -0.4 is 4.74 Å². The van der Waals surface area contributed by atoms with Gasteiger partial charge in [-0.25, -0.2) is 0 Å². The molecule has 0 saturated heterocycles. The average molecular weight is 291 g/mol. The van der Waals surface area contributed by atoms with Crippen LogP contribution in [0, 0.1) is 11.8 Å². The van der Waals surface area contributed by atoms with E-state index in [9.17, 15) is 0 Å². The summed E-state index contributed by atoms with van der Waals surface area (Å²) in [4.78, 5) is 2.17. The van der Waals surface area contributed by atoms with Gasteiger partial charge in [0.25, 0.3) is 0 Å². The minimum absolute atomic E-state index is 0.0177. The summed E-state index contributed by atoms with van der Waals surface area (Å²) in [5.74, 6) is 7.47. The van der Waals surface area contributed by atoms with Crippen molar-refractivity contribution in [1.82, 2.24) is 4.90 Å². The van der Waals surface area contributed by atoms with Crippen LogP contribution in [0.4, 0.5) is 0 Å². The highest BCUT2D eigenvalue weighted by atomic mass is 16.5. The summed E-state index contributed by atoms with van der Waals surface area (Å²) in [7, 11) is 3.72. The van der Waals surface area contributed by atoms with E-state index in [1.165, 1.54) is 0 Å². The summed E-state index contributed by atoms with van der Waals surface area (Å²) in [6.45, 7) is 4.59. The molecule has 0 aliphatic carbocycles. The Morgan fingerprint density at radius 2 is 1.82 bits per heavy atom. The molecule has 0 N–H and O–H groups in total. The SMILES string of the molecule is C=CCN(C)C(C#Cc1ccccc1)c1ccc(OC)cc1. The van der Waals surface area contributed by atoms with Gasteiger partial charge >= 0.3 is 0 Å². The number of hydrogen-bond acceptors (Lipinski definition) is 2. The molecule has 0 saturated carbocycles. The average Bonchev–Trinajstić information content (AvgIpc) is 2.57. The summed E-state index contributed by atoms with van der Waals surface area (Å²) >= 11 is 0. The molecule has 0 aromatic heterocycles. The summed E-state index contributed by atoms with van der Waals surface area (Å²) < 4.78 is 5.22. The predicted molar refractivity (Wildman–Crippen MR) is 91.9 cm³/mol. The van der Waals surface area contributed by atoms with Gasteiger partial charge in [0.1, 0.15) is 5.75 Å². The second-order valence-electron chi connectivity index (χ2n) is 5.04. The molecule has 0 spiro atoms. The Kier molecular flexibility index (Phi) is 5.82. The van der Waals surface area contributed by atoms with E-state index in [1.807, 2.05) is 48.5 Å². The molecule has 2 rings (SSSR count). The number of hydrogen-bond donors (Lipinski definition) is 0. The predicted octanol–water partition coefficient (Wildman–Crippen LogP) is 3.91. The lowest BCUT2D eigenvalue weighted by Crippen LogP contribution is -2.23. The molecule has 0 bridgehead atoms. The van der Waals surface area contributed by atoms with Crippen molar-refractivity contribution in [2.75, 3.05) is 20.7 Å². The topological polar surface area (TPSA) is 12.5 Å². The van der Waals surface area contributed by atoms with Gasteiger partial charge in [-0.1, -0.05) is 48.2 Å². The van der Waals surface area contributed by atoms with Crippen molar-refractivity contribution in [2.45, 2.75) is 6.04 Å². The van der Waals surface area contributed by atoms with Crippen LogP contribution in [0.2, 0.25) is 0 Å². The van der Waals surface area contributed by atoms with E-state index >= 15 is 0 Å². The second-order valence-corrected chi connectivity index (χ2v) is 5.04. The lowest BCUT2D eigenvalue weighted by Gasteiger charge is -2.23. The number of rotatable bonds is 5. The van der Waals surface area contributed by atoms with Crippen molar-refractivity contribution >= 4 is 0 Å². The first-order chi connectivity index (χ1) is 10.7. The highest BCUT2D eigenvalue weighted by Gasteiger charge is 2.13. The van der Waals surface area contributed by atoms with Gasteiger partial charge in [0.2, 0.25) is 0 Å². The maximum atomic E-state index is 5.22. The monoisotopic (exact) mass is 291 g/mol. The van der Waals surface area contributed by atoms with E-state index in [-0.39, 0.29) is 6.04 Å². The number of ether oxygens (including phenoxy) is 1. The standard InChI is InChI=1S/C20H21NO/c1-4-16-21(2)20(15-10-17-8-6-5-7-9-17)18-11-13-19(22-3)14-12-18/h4-9,11-14,20H,1,16H2,2-3H3. The second kappa shape index (κ2) is 8.07. The van der Waals surface area contributed by atoms with E-state index < -0.39 is 0 Å². The zero-order chi connectivity index (χ0) is 15.8. The Bertz CT molecular complexity index is 650. The molecule has 0 aliphatic rings. The van der Waals surface area contributed by atoms with Crippen LogP contribution in [0.3, 0.4) is 0 Å². The Balaban J connectivity index is 2.30. The van der Waals surface area contributed by atoms with Gasteiger partial charge in [0.15, 0.2) is 0 Å². The van der Waals surface area contributed by atoms with Gasteiger partial charge in [0.05, 0.1) is 13.2 Å². The molecule has 22 heavy (non-hydrogen) atoms. The molecule has 0 aliphatic heterocycles. The van der Waals surface area contributed by atoms with E-state index in [4.69, 9.17) is 4.74 Å². The van der Waals surface area contributed by atoms with Crippen molar-refractivity contribution in [3.8, 4) is 17.6 Å². The number of benzene rings is 2. The molecule has 112 valence electrons. The summed E-state index contributed by atoms with van der Waals surface area (Å²) in [6, 6.07) is 18.1. The van der Waals surface area contributed by atoms with E-state index in [0.29, 0.717) is 0 Å². The molecule has 1 unspecified atom stereocenters. The van der Waals surface area contributed by atoms with Gasteiger partial charge < -0.3 is 4.74 Å². The number of methoxy groups -OCH3 is 1. The minimum atomic E-state index is 0.0177. The molecule has 0 heterocycles. The molecular weight excluding hydrogens is 270 g/mol. The summed E-state index contributed by atoms with van der Waals surface area (Å²) in [6.07, 6.45) is 1.89. The molecule has 2 heteroatoms. The van der Waals surface area contributed by atoms with E-state index in [2.05, 4.69) is 42.5 Å². The first kappa shape index (κ1) is 15.9. The smallest absolute Gasteiger partial charge is 0.118 e. The van der Waals surface area contributed by atoms with Crippen LogP contribution in [0.1, 0.15) is 17.2 Å². The lowest BCUT2D eigenvalue weighted by atomic mass is 10.0. The van der Waals surface area contributed by atoms with Crippen molar-refractivity contribution in [1.29, 1.82) is 0 Å². The highest BCUT2D eigenvalue weighted by molar-refractivity contribution is 5.39. The van der Waals surface area contributed by atoms with Gasteiger partial charge in [-0.05, 0) is 36.9 Å². The van der Waals surface area contributed by atoms with Gasteiger partial charge in [-0.3, -0.25) is 4.90 Å². The van der Waals surface area contributed by atoms with Crippen molar-refractivity contribution in [3.05, 3.63) is 78.4 Å².